The Morgan fingerprint density at radius 3 is 2.33 bits per heavy atom. The second-order valence-corrected chi connectivity index (χ2v) is 6.58. The zero-order chi connectivity index (χ0) is 17.6. The number of carbonyl (C=O) groups excluding carboxylic acids is 1. The van der Waals surface area contributed by atoms with Gasteiger partial charge in [-0.3, -0.25) is 4.79 Å². The van der Waals surface area contributed by atoms with Gasteiger partial charge < -0.3 is 15.2 Å². The van der Waals surface area contributed by atoms with Crippen molar-refractivity contribution < 1.29 is 14.6 Å². The van der Waals surface area contributed by atoms with Gasteiger partial charge in [0, 0.05) is 18.8 Å². The molecule has 0 fully saturated rings. The van der Waals surface area contributed by atoms with E-state index in [1.807, 2.05) is 45.0 Å². The van der Waals surface area contributed by atoms with E-state index in [1.54, 1.807) is 12.1 Å². The van der Waals surface area contributed by atoms with Crippen LogP contribution in [0.5, 0.6) is 5.88 Å². The predicted molar refractivity (Wildman–Crippen MR) is 93.0 cm³/mol. The first kappa shape index (κ1) is 17.9. The van der Waals surface area contributed by atoms with Gasteiger partial charge in [-0.1, -0.05) is 24.3 Å². The van der Waals surface area contributed by atoms with Crippen molar-refractivity contribution in [1.82, 2.24) is 10.3 Å². The fourth-order valence-corrected chi connectivity index (χ4v) is 2.12. The lowest BCUT2D eigenvalue weighted by Gasteiger charge is -2.20. The Morgan fingerprint density at radius 2 is 1.79 bits per heavy atom. The summed E-state index contributed by atoms with van der Waals surface area (Å²) in [4.78, 5) is 16.3. The molecule has 0 unspecified atom stereocenters. The van der Waals surface area contributed by atoms with Gasteiger partial charge in [-0.2, -0.15) is 0 Å². The molecule has 0 saturated heterocycles. The number of nitrogens with one attached hydrogen (secondary N) is 1. The van der Waals surface area contributed by atoms with E-state index in [4.69, 9.17) is 9.84 Å². The van der Waals surface area contributed by atoms with Crippen molar-refractivity contribution in [3.8, 4) is 5.88 Å². The third-order valence-corrected chi connectivity index (χ3v) is 3.31. The first-order chi connectivity index (χ1) is 11.4. The zero-order valence-corrected chi connectivity index (χ0v) is 14.4. The van der Waals surface area contributed by atoms with E-state index >= 15 is 0 Å². The summed E-state index contributed by atoms with van der Waals surface area (Å²) in [7, 11) is 0. The number of rotatable bonds is 6. The van der Waals surface area contributed by atoms with Crippen LogP contribution in [0.3, 0.4) is 0 Å². The van der Waals surface area contributed by atoms with Crippen LogP contribution in [0.15, 0.2) is 42.6 Å². The highest BCUT2D eigenvalue weighted by Crippen LogP contribution is 2.15. The Kier molecular flexibility index (Phi) is 5.93. The summed E-state index contributed by atoms with van der Waals surface area (Å²) in [5, 5.41) is 11.9. The number of carbonyl (C=O) groups is 1. The molecule has 1 aromatic carbocycles. The number of ether oxygens (including phenoxy) is 1. The van der Waals surface area contributed by atoms with Gasteiger partial charge in [0.25, 0.3) is 5.91 Å². The molecule has 0 aliphatic rings. The number of hydrogen-bond acceptors (Lipinski definition) is 4. The average molecular weight is 328 g/mol. The van der Waals surface area contributed by atoms with E-state index in [-0.39, 0.29) is 18.1 Å². The van der Waals surface area contributed by atoms with Crippen LogP contribution < -0.4 is 10.1 Å². The van der Waals surface area contributed by atoms with Crippen molar-refractivity contribution in [1.29, 1.82) is 0 Å². The maximum absolute atomic E-state index is 12.1. The van der Waals surface area contributed by atoms with Crippen molar-refractivity contribution in [3.05, 3.63) is 59.3 Å². The maximum atomic E-state index is 12.1. The molecule has 0 aliphatic heterocycles. The van der Waals surface area contributed by atoms with E-state index in [1.165, 1.54) is 6.20 Å². The number of nitrogens with zero attached hydrogens (tertiary/aromatic N) is 1. The van der Waals surface area contributed by atoms with Crippen molar-refractivity contribution in [2.75, 3.05) is 6.54 Å². The van der Waals surface area contributed by atoms with Gasteiger partial charge in [0.2, 0.25) is 5.88 Å². The summed E-state index contributed by atoms with van der Waals surface area (Å²) in [5.74, 6) is 0.347. The minimum absolute atomic E-state index is 0.0406. The zero-order valence-electron chi connectivity index (χ0n) is 14.4. The second kappa shape index (κ2) is 7.93. The average Bonchev–Trinajstić information content (AvgIpc) is 2.54. The molecule has 0 spiro atoms. The monoisotopic (exact) mass is 328 g/mol. The predicted octanol–water partition coefficient (Wildman–Crippen LogP) is 2.72. The van der Waals surface area contributed by atoms with E-state index in [0.29, 0.717) is 18.0 Å². The molecule has 1 heterocycles. The second-order valence-electron chi connectivity index (χ2n) is 6.58. The van der Waals surface area contributed by atoms with Crippen LogP contribution in [0.4, 0.5) is 0 Å². The molecule has 2 rings (SSSR count). The van der Waals surface area contributed by atoms with Crippen LogP contribution in [0.25, 0.3) is 0 Å². The molecule has 0 atom stereocenters. The quantitative estimate of drug-likeness (QED) is 0.855. The molecule has 2 N–H and O–H groups in total. The number of pyridine rings is 1. The lowest BCUT2D eigenvalue weighted by molar-refractivity contribution is 0.0953. The van der Waals surface area contributed by atoms with Gasteiger partial charge in [0.15, 0.2) is 0 Å². The van der Waals surface area contributed by atoms with Crippen molar-refractivity contribution in [3.63, 3.8) is 0 Å². The first-order valence-corrected chi connectivity index (χ1v) is 7.99. The lowest BCUT2D eigenvalue weighted by Crippen LogP contribution is -2.26. The van der Waals surface area contributed by atoms with Crippen LogP contribution in [-0.4, -0.2) is 28.1 Å². The SMILES string of the molecule is CC(C)(C)Oc1ccc(C(=O)NCCc2ccc(CO)cc2)cn1. The smallest absolute Gasteiger partial charge is 0.252 e. The molecular weight excluding hydrogens is 304 g/mol. The van der Waals surface area contributed by atoms with Crippen molar-refractivity contribution in [2.24, 2.45) is 0 Å². The number of aliphatic hydroxyl groups excluding tert-OH is 1. The topological polar surface area (TPSA) is 71.5 Å². The Morgan fingerprint density at radius 1 is 1.12 bits per heavy atom. The molecular formula is C19H24N2O3. The van der Waals surface area contributed by atoms with E-state index in [9.17, 15) is 4.79 Å². The number of amides is 1. The molecule has 24 heavy (non-hydrogen) atoms. The third-order valence-electron chi connectivity index (χ3n) is 3.31. The standard InChI is InChI=1S/C19H24N2O3/c1-19(2,3)24-17-9-8-16(12-21-17)18(23)20-11-10-14-4-6-15(13-22)7-5-14/h4-9,12,22H,10-11,13H2,1-3H3,(H,20,23). The minimum Gasteiger partial charge on any atom is -0.472 e. The van der Waals surface area contributed by atoms with Crippen LogP contribution >= 0.6 is 0 Å². The molecule has 1 amide bonds. The molecule has 0 saturated carbocycles. The van der Waals surface area contributed by atoms with Crippen LogP contribution in [0, 0.1) is 0 Å². The Hall–Kier alpha value is -2.40. The van der Waals surface area contributed by atoms with Gasteiger partial charge in [-0.05, 0) is 44.4 Å². The van der Waals surface area contributed by atoms with Gasteiger partial charge in [-0.15, -0.1) is 0 Å². The molecule has 2 aromatic rings. The van der Waals surface area contributed by atoms with E-state index in [0.717, 1.165) is 17.5 Å². The minimum atomic E-state index is -0.317. The maximum Gasteiger partial charge on any atom is 0.252 e. The summed E-state index contributed by atoms with van der Waals surface area (Å²) < 4.78 is 5.63. The van der Waals surface area contributed by atoms with Gasteiger partial charge in [0.1, 0.15) is 5.60 Å². The Labute approximate surface area is 142 Å². The van der Waals surface area contributed by atoms with Gasteiger partial charge in [-0.25, -0.2) is 4.98 Å². The van der Waals surface area contributed by atoms with Crippen LogP contribution in [0.1, 0.15) is 42.3 Å². The normalized spacial score (nSPS) is 11.2. The summed E-state index contributed by atoms with van der Waals surface area (Å²) in [5.41, 5.74) is 2.18. The summed E-state index contributed by atoms with van der Waals surface area (Å²) >= 11 is 0. The fraction of sp³-hybridized carbons (Fsp3) is 0.368. The molecule has 1 aromatic heterocycles. The molecule has 5 heteroatoms. The van der Waals surface area contributed by atoms with E-state index in [2.05, 4.69) is 10.3 Å². The third kappa shape index (κ3) is 5.66. The highest BCUT2D eigenvalue weighted by molar-refractivity contribution is 5.93. The van der Waals surface area contributed by atoms with Crippen molar-refractivity contribution in [2.45, 2.75) is 39.4 Å². The number of benzene rings is 1. The molecule has 0 radical (unpaired) electrons. The number of hydrogen-bond donors (Lipinski definition) is 2. The molecule has 128 valence electrons. The number of aliphatic hydroxyl groups is 1. The lowest BCUT2D eigenvalue weighted by atomic mass is 10.1. The molecule has 0 bridgehead atoms. The Balaban J connectivity index is 1.83. The van der Waals surface area contributed by atoms with Crippen molar-refractivity contribution >= 4 is 5.91 Å². The first-order valence-electron chi connectivity index (χ1n) is 7.99. The molecule has 5 nitrogen and oxygen atoms in total. The Bertz CT molecular complexity index is 659. The van der Waals surface area contributed by atoms with Crippen LogP contribution in [0.2, 0.25) is 0 Å². The highest BCUT2D eigenvalue weighted by atomic mass is 16.5. The fourth-order valence-electron chi connectivity index (χ4n) is 2.12. The summed E-state index contributed by atoms with van der Waals surface area (Å²) in [6.07, 6.45) is 2.25. The van der Waals surface area contributed by atoms with E-state index < -0.39 is 0 Å². The summed E-state index contributed by atoms with van der Waals surface area (Å²) in [6, 6.07) is 11.1. The van der Waals surface area contributed by atoms with Crippen LogP contribution in [-0.2, 0) is 13.0 Å². The largest absolute Gasteiger partial charge is 0.472 e. The highest BCUT2D eigenvalue weighted by Gasteiger charge is 2.13. The number of aromatic nitrogens is 1. The van der Waals surface area contributed by atoms with Gasteiger partial charge >= 0.3 is 0 Å². The van der Waals surface area contributed by atoms with Gasteiger partial charge in [0.05, 0.1) is 12.2 Å². The summed E-state index contributed by atoms with van der Waals surface area (Å²) in [6.45, 7) is 6.42. The molecule has 0 aliphatic carbocycles.